The summed E-state index contributed by atoms with van der Waals surface area (Å²) in [5.74, 6) is 0. The van der Waals surface area contributed by atoms with Crippen LogP contribution >= 0.6 is 0 Å². The Hall–Kier alpha value is -0.0400. The van der Waals surface area contributed by atoms with Gasteiger partial charge in [0.25, 0.3) is 0 Å². The Morgan fingerprint density at radius 3 is 0.889 bits per heavy atom. The van der Waals surface area contributed by atoms with Gasteiger partial charge in [-0.25, -0.2) is 0 Å². The van der Waals surface area contributed by atoms with Crippen LogP contribution in [-0.2, 0) is 4.74 Å². The summed E-state index contributed by atoms with van der Waals surface area (Å²) in [7, 11) is 0. The SMILES string of the molecule is C1CCCCC1.C1CO1. The highest BCUT2D eigenvalue weighted by molar-refractivity contribution is 4.51. The minimum Gasteiger partial charge on any atom is -0.377 e. The number of hydrogen-bond donors (Lipinski definition) is 0. The van der Waals surface area contributed by atoms with E-state index in [-0.39, 0.29) is 0 Å². The molecule has 0 spiro atoms. The predicted octanol–water partition coefficient (Wildman–Crippen LogP) is 2.36. The lowest BCUT2D eigenvalue weighted by Gasteiger charge is -2.05. The molecule has 0 aromatic carbocycles. The van der Waals surface area contributed by atoms with Crippen LogP contribution in [0.15, 0.2) is 0 Å². The molecule has 1 saturated carbocycles. The number of epoxide rings is 1. The van der Waals surface area contributed by atoms with Gasteiger partial charge in [0.05, 0.1) is 13.2 Å². The first-order chi connectivity index (χ1) is 4.50. The number of hydrogen-bond acceptors (Lipinski definition) is 1. The molecule has 2 fully saturated rings. The molecule has 0 unspecified atom stereocenters. The van der Waals surface area contributed by atoms with Crippen molar-refractivity contribution in [1.82, 2.24) is 0 Å². The van der Waals surface area contributed by atoms with Gasteiger partial charge in [-0.1, -0.05) is 38.5 Å². The average molecular weight is 128 g/mol. The van der Waals surface area contributed by atoms with Crippen molar-refractivity contribution in [3.63, 3.8) is 0 Å². The van der Waals surface area contributed by atoms with Gasteiger partial charge in [-0.05, 0) is 0 Å². The number of ether oxygens (including phenoxy) is 1. The van der Waals surface area contributed by atoms with Crippen molar-refractivity contribution in [1.29, 1.82) is 0 Å². The lowest BCUT2D eigenvalue weighted by atomic mass is 10.0. The first-order valence-corrected chi connectivity index (χ1v) is 4.08. The molecule has 1 heteroatoms. The van der Waals surface area contributed by atoms with Crippen molar-refractivity contribution in [2.24, 2.45) is 0 Å². The summed E-state index contributed by atoms with van der Waals surface area (Å²) in [6, 6.07) is 0. The molecule has 1 saturated heterocycles. The Bertz CT molecular complexity index is 41.3. The molecule has 1 aliphatic heterocycles. The monoisotopic (exact) mass is 128 g/mol. The zero-order chi connectivity index (χ0) is 6.36. The van der Waals surface area contributed by atoms with Gasteiger partial charge >= 0.3 is 0 Å². The van der Waals surface area contributed by atoms with Crippen LogP contribution < -0.4 is 0 Å². The van der Waals surface area contributed by atoms with Gasteiger partial charge in [0.15, 0.2) is 0 Å². The molecular weight excluding hydrogens is 112 g/mol. The number of rotatable bonds is 0. The van der Waals surface area contributed by atoms with E-state index < -0.39 is 0 Å². The normalized spacial score (nSPS) is 24.0. The van der Waals surface area contributed by atoms with Gasteiger partial charge in [-0.15, -0.1) is 0 Å². The molecule has 0 aromatic rings. The molecule has 0 N–H and O–H groups in total. The van der Waals surface area contributed by atoms with Crippen LogP contribution in [0.2, 0.25) is 0 Å². The molecule has 54 valence electrons. The van der Waals surface area contributed by atoms with Crippen molar-refractivity contribution < 1.29 is 4.74 Å². The summed E-state index contributed by atoms with van der Waals surface area (Å²) in [4.78, 5) is 0. The summed E-state index contributed by atoms with van der Waals surface area (Å²) in [6.07, 6.45) is 9.00. The van der Waals surface area contributed by atoms with Crippen LogP contribution in [0.5, 0.6) is 0 Å². The van der Waals surface area contributed by atoms with Gasteiger partial charge in [0.2, 0.25) is 0 Å². The highest BCUT2D eigenvalue weighted by Crippen LogP contribution is 2.15. The largest absolute Gasteiger partial charge is 0.377 e. The van der Waals surface area contributed by atoms with E-state index in [0.29, 0.717) is 0 Å². The van der Waals surface area contributed by atoms with E-state index >= 15 is 0 Å². The van der Waals surface area contributed by atoms with E-state index in [0.717, 1.165) is 13.2 Å². The Morgan fingerprint density at radius 2 is 0.778 bits per heavy atom. The second-order valence-corrected chi connectivity index (χ2v) is 2.73. The third-order valence-electron chi connectivity index (χ3n) is 1.70. The topological polar surface area (TPSA) is 12.5 Å². The van der Waals surface area contributed by atoms with Crippen LogP contribution in [0.1, 0.15) is 38.5 Å². The Kier molecular flexibility index (Phi) is 3.77. The molecule has 2 rings (SSSR count). The third kappa shape index (κ3) is 5.84. The molecule has 1 heterocycles. The van der Waals surface area contributed by atoms with E-state index in [4.69, 9.17) is 0 Å². The predicted molar refractivity (Wildman–Crippen MR) is 38.5 cm³/mol. The summed E-state index contributed by atoms with van der Waals surface area (Å²) in [5.41, 5.74) is 0. The van der Waals surface area contributed by atoms with Crippen molar-refractivity contribution in [2.75, 3.05) is 13.2 Å². The Labute approximate surface area is 57.4 Å². The van der Waals surface area contributed by atoms with E-state index in [1.165, 1.54) is 38.5 Å². The molecule has 0 radical (unpaired) electrons. The fourth-order valence-corrected chi connectivity index (χ4v) is 1.06. The Balaban J connectivity index is 0.000000112. The molecule has 0 atom stereocenters. The molecule has 9 heavy (non-hydrogen) atoms. The van der Waals surface area contributed by atoms with Crippen LogP contribution in [0.25, 0.3) is 0 Å². The smallest absolute Gasteiger partial charge is 0.0701 e. The second kappa shape index (κ2) is 4.80. The fraction of sp³-hybridized carbons (Fsp3) is 1.00. The van der Waals surface area contributed by atoms with Gasteiger partial charge < -0.3 is 4.74 Å². The zero-order valence-corrected chi connectivity index (χ0v) is 6.07. The molecule has 1 nitrogen and oxygen atoms in total. The van der Waals surface area contributed by atoms with Gasteiger partial charge in [-0.2, -0.15) is 0 Å². The molecule has 0 aromatic heterocycles. The highest BCUT2D eigenvalue weighted by atomic mass is 16.6. The summed E-state index contributed by atoms with van der Waals surface area (Å²) >= 11 is 0. The molecular formula is C8H16O. The van der Waals surface area contributed by atoms with E-state index in [1.807, 2.05) is 0 Å². The van der Waals surface area contributed by atoms with E-state index in [2.05, 4.69) is 4.74 Å². The second-order valence-electron chi connectivity index (χ2n) is 2.73. The summed E-state index contributed by atoms with van der Waals surface area (Å²) < 4.78 is 4.50. The minimum atomic E-state index is 1.00. The van der Waals surface area contributed by atoms with Gasteiger partial charge in [-0.3, -0.25) is 0 Å². The minimum absolute atomic E-state index is 1.00. The van der Waals surface area contributed by atoms with Crippen LogP contribution in [0.3, 0.4) is 0 Å². The molecule has 0 amide bonds. The molecule has 0 bridgehead atoms. The maximum absolute atomic E-state index is 4.50. The van der Waals surface area contributed by atoms with Crippen LogP contribution in [-0.4, -0.2) is 13.2 Å². The van der Waals surface area contributed by atoms with Crippen LogP contribution in [0.4, 0.5) is 0 Å². The first kappa shape index (κ1) is 7.07. The van der Waals surface area contributed by atoms with Gasteiger partial charge in [0, 0.05) is 0 Å². The van der Waals surface area contributed by atoms with Crippen molar-refractivity contribution >= 4 is 0 Å². The summed E-state index contributed by atoms with van der Waals surface area (Å²) in [6.45, 7) is 2.00. The van der Waals surface area contributed by atoms with E-state index in [9.17, 15) is 0 Å². The lowest BCUT2D eigenvalue weighted by Crippen LogP contribution is -1.85. The highest BCUT2D eigenvalue weighted by Gasteiger charge is 1.95. The fourth-order valence-electron chi connectivity index (χ4n) is 1.06. The lowest BCUT2D eigenvalue weighted by molar-refractivity contribution is 0.475. The van der Waals surface area contributed by atoms with Crippen LogP contribution in [0, 0.1) is 0 Å². The average Bonchev–Trinajstić information content (AvgIpc) is 2.76. The van der Waals surface area contributed by atoms with E-state index in [1.54, 1.807) is 0 Å². The van der Waals surface area contributed by atoms with Crippen molar-refractivity contribution in [2.45, 2.75) is 38.5 Å². The zero-order valence-electron chi connectivity index (χ0n) is 6.07. The quantitative estimate of drug-likeness (QED) is 0.456. The Morgan fingerprint density at radius 1 is 0.556 bits per heavy atom. The maximum Gasteiger partial charge on any atom is 0.0701 e. The van der Waals surface area contributed by atoms with Crippen molar-refractivity contribution in [3.05, 3.63) is 0 Å². The summed E-state index contributed by atoms with van der Waals surface area (Å²) in [5, 5.41) is 0. The first-order valence-electron chi connectivity index (χ1n) is 4.08. The standard InChI is InChI=1S/C6H12.C2H4O/c1-2-4-6-5-3-1;1-2-3-1/h1-6H2;1-2H2. The maximum atomic E-state index is 4.50. The van der Waals surface area contributed by atoms with Gasteiger partial charge in [0.1, 0.15) is 0 Å². The molecule has 2 aliphatic rings. The van der Waals surface area contributed by atoms with Crippen molar-refractivity contribution in [3.8, 4) is 0 Å². The molecule has 1 aliphatic carbocycles. The third-order valence-corrected chi connectivity index (χ3v) is 1.70.